The summed E-state index contributed by atoms with van der Waals surface area (Å²) in [5.74, 6) is 0.504. The quantitative estimate of drug-likeness (QED) is 0.849. The van der Waals surface area contributed by atoms with E-state index in [1.54, 1.807) is 12.3 Å². The Bertz CT molecular complexity index is 494. The third-order valence-corrected chi connectivity index (χ3v) is 2.67. The van der Waals surface area contributed by atoms with Crippen LogP contribution in [0, 0.1) is 0 Å². The van der Waals surface area contributed by atoms with Crippen molar-refractivity contribution < 1.29 is 0 Å². The van der Waals surface area contributed by atoms with Crippen molar-refractivity contribution in [2.24, 2.45) is 5.73 Å². The van der Waals surface area contributed by atoms with Gasteiger partial charge in [-0.25, -0.2) is 9.97 Å². The fraction of sp³-hybridized carbons (Fsp3) is 0.300. The van der Waals surface area contributed by atoms with Crippen LogP contribution < -0.4 is 5.73 Å². The predicted octanol–water partition coefficient (Wildman–Crippen LogP) is 1.54. The first kappa shape index (κ1) is 11.0. The summed E-state index contributed by atoms with van der Waals surface area (Å²) < 4.78 is 0. The van der Waals surface area contributed by atoms with Crippen molar-refractivity contribution in [2.45, 2.75) is 19.9 Å². The molecule has 0 aliphatic carbocycles. The molecule has 0 atom stereocenters. The van der Waals surface area contributed by atoms with E-state index in [-0.39, 0.29) is 0 Å². The van der Waals surface area contributed by atoms with Gasteiger partial charge in [0.25, 0.3) is 0 Å². The van der Waals surface area contributed by atoms with E-state index in [1.807, 2.05) is 6.92 Å². The van der Waals surface area contributed by atoms with Crippen molar-refractivity contribution in [3.63, 3.8) is 0 Å². The number of hydrogen-bond donors (Lipinski definition) is 2. The molecule has 2 rings (SSSR count). The van der Waals surface area contributed by atoms with Crippen molar-refractivity contribution in [3.8, 4) is 11.5 Å². The highest BCUT2D eigenvalue weighted by Gasteiger charge is 2.14. The summed E-state index contributed by atoms with van der Waals surface area (Å²) in [6.07, 6.45) is 2.45. The number of aromatic nitrogens is 4. The maximum Gasteiger partial charge on any atom is 0.181 e. The van der Waals surface area contributed by atoms with Gasteiger partial charge in [0, 0.05) is 12.7 Å². The molecule has 84 valence electrons. The minimum atomic E-state index is 0.373. The molecule has 0 amide bonds. The number of H-pyrrole nitrogens is 1. The molecular formula is C10H12ClN5. The second-order valence-corrected chi connectivity index (χ2v) is 3.67. The number of aryl methyl sites for hydroxylation is 1. The Morgan fingerprint density at radius 1 is 1.50 bits per heavy atom. The first-order valence-corrected chi connectivity index (χ1v) is 5.39. The van der Waals surface area contributed by atoms with Gasteiger partial charge in [-0.1, -0.05) is 18.5 Å². The highest BCUT2D eigenvalue weighted by atomic mass is 35.5. The average molecular weight is 238 g/mol. The fourth-order valence-electron chi connectivity index (χ4n) is 1.37. The summed E-state index contributed by atoms with van der Waals surface area (Å²) in [6.45, 7) is 2.37. The highest BCUT2D eigenvalue weighted by molar-refractivity contribution is 6.33. The molecule has 2 heterocycles. The lowest BCUT2D eigenvalue weighted by molar-refractivity contribution is 0.950. The van der Waals surface area contributed by atoms with Crippen molar-refractivity contribution in [3.05, 3.63) is 28.7 Å². The molecule has 0 aromatic carbocycles. The topological polar surface area (TPSA) is 80.5 Å². The van der Waals surface area contributed by atoms with E-state index in [2.05, 4.69) is 20.2 Å². The van der Waals surface area contributed by atoms with Crippen LogP contribution in [0.5, 0.6) is 0 Å². The predicted molar refractivity (Wildman–Crippen MR) is 61.9 cm³/mol. The third kappa shape index (κ3) is 1.91. The first-order chi connectivity index (χ1) is 7.76. The molecule has 2 aromatic rings. The van der Waals surface area contributed by atoms with Crippen LogP contribution in [-0.2, 0) is 13.0 Å². The molecular weight excluding hydrogens is 226 g/mol. The van der Waals surface area contributed by atoms with Crippen molar-refractivity contribution in [1.29, 1.82) is 0 Å². The molecule has 2 aromatic heterocycles. The van der Waals surface area contributed by atoms with E-state index in [4.69, 9.17) is 17.3 Å². The Kier molecular flexibility index (Phi) is 3.17. The van der Waals surface area contributed by atoms with Crippen LogP contribution in [-0.4, -0.2) is 20.2 Å². The number of halogens is 1. The van der Waals surface area contributed by atoms with Gasteiger partial charge in [-0.3, -0.25) is 5.10 Å². The number of rotatable bonds is 3. The van der Waals surface area contributed by atoms with Crippen LogP contribution in [0.15, 0.2) is 12.3 Å². The molecule has 0 aliphatic rings. The van der Waals surface area contributed by atoms with E-state index >= 15 is 0 Å². The zero-order chi connectivity index (χ0) is 11.5. The lowest BCUT2D eigenvalue weighted by Gasteiger charge is -1.99. The van der Waals surface area contributed by atoms with Crippen molar-refractivity contribution >= 4 is 11.6 Å². The van der Waals surface area contributed by atoms with E-state index < -0.39 is 0 Å². The minimum Gasteiger partial charge on any atom is -0.325 e. The number of hydrogen-bond acceptors (Lipinski definition) is 4. The number of nitrogens with zero attached hydrogens (tertiary/aromatic N) is 3. The van der Waals surface area contributed by atoms with E-state index in [1.165, 1.54) is 0 Å². The van der Waals surface area contributed by atoms with Crippen molar-refractivity contribution in [1.82, 2.24) is 20.2 Å². The van der Waals surface area contributed by atoms with E-state index in [0.717, 1.165) is 17.8 Å². The Morgan fingerprint density at radius 3 is 2.94 bits per heavy atom. The van der Waals surface area contributed by atoms with Crippen LogP contribution in [0.3, 0.4) is 0 Å². The number of aromatic amines is 1. The van der Waals surface area contributed by atoms with Crippen LogP contribution >= 0.6 is 11.6 Å². The maximum atomic E-state index is 6.15. The number of nitrogens with two attached hydrogens (primary N) is 1. The van der Waals surface area contributed by atoms with E-state index in [9.17, 15) is 0 Å². The molecule has 5 nitrogen and oxygen atoms in total. The molecule has 3 N–H and O–H groups in total. The highest BCUT2D eigenvalue weighted by Crippen LogP contribution is 2.25. The summed E-state index contributed by atoms with van der Waals surface area (Å²) in [6, 6.07) is 1.77. The molecule has 0 aliphatic heterocycles. The normalized spacial score (nSPS) is 10.7. The molecule has 0 fully saturated rings. The van der Waals surface area contributed by atoms with Gasteiger partial charge in [0.1, 0.15) is 5.69 Å². The number of nitrogens with one attached hydrogen (secondary N) is 1. The van der Waals surface area contributed by atoms with Crippen LogP contribution in [0.4, 0.5) is 0 Å². The molecule has 0 spiro atoms. The van der Waals surface area contributed by atoms with Crippen LogP contribution in [0.2, 0.25) is 5.02 Å². The fourth-order valence-corrected chi connectivity index (χ4v) is 1.67. The summed E-state index contributed by atoms with van der Waals surface area (Å²) in [7, 11) is 0. The Morgan fingerprint density at radius 2 is 2.31 bits per heavy atom. The Balaban J connectivity index is 2.45. The summed E-state index contributed by atoms with van der Waals surface area (Å²) >= 11 is 6.15. The van der Waals surface area contributed by atoms with Gasteiger partial charge in [-0.2, -0.15) is 5.10 Å². The molecule has 0 bridgehead atoms. The second kappa shape index (κ2) is 4.59. The maximum absolute atomic E-state index is 6.15. The smallest absolute Gasteiger partial charge is 0.181 e. The van der Waals surface area contributed by atoms with Gasteiger partial charge < -0.3 is 5.73 Å². The van der Waals surface area contributed by atoms with Gasteiger partial charge in [-0.05, 0) is 12.5 Å². The van der Waals surface area contributed by atoms with Crippen LogP contribution in [0.25, 0.3) is 11.5 Å². The Hall–Kier alpha value is -1.46. The zero-order valence-electron chi connectivity index (χ0n) is 8.87. The molecule has 6 heteroatoms. The molecule has 0 saturated heterocycles. The average Bonchev–Trinajstić information content (AvgIpc) is 2.70. The third-order valence-electron chi connectivity index (χ3n) is 2.26. The summed E-state index contributed by atoms with van der Waals surface area (Å²) in [5, 5.41) is 7.56. The zero-order valence-corrected chi connectivity index (χ0v) is 9.62. The lowest BCUT2D eigenvalue weighted by atomic mass is 10.3. The minimum absolute atomic E-state index is 0.373. The van der Waals surface area contributed by atoms with Crippen LogP contribution in [0.1, 0.15) is 18.3 Å². The monoisotopic (exact) mass is 237 g/mol. The van der Waals surface area contributed by atoms with Gasteiger partial charge >= 0.3 is 0 Å². The molecule has 0 radical (unpaired) electrons. The summed E-state index contributed by atoms with van der Waals surface area (Å²) in [4.78, 5) is 8.40. The Labute approximate surface area is 98.1 Å². The molecule has 16 heavy (non-hydrogen) atoms. The largest absolute Gasteiger partial charge is 0.325 e. The SMILES string of the molecule is CCc1[nH]nc(-c2nccc(CN)n2)c1Cl. The standard InChI is InChI=1S/C10H12ClN5/c1-2-7-8(11)9(16-15-7)10-13-4-3-6(5-12)14-10/h3-4H,2,5,12H2,1H3,(H,15,16). The first-order valence-electron chi connectivity index (χ1n) is 5.01. The van der Waals surface area contributed by atoms with Gasteiger partial charge in [0.2, 0.25) is 0 Å². The van der Waals surface area contributed by atoms with Gasteiger partial charge in [0.15, 0.2) is 5.82 Å². The van der Waals surface area contributed by atoms with E-state index in [0.29, 0.717) is 23.1 Å². The van der Waals surface area contributed by atoms with Gasteiger partial charge in [-0.15, -0.1) is 0 Å². The summed E-state index contributed by atoms with van der Waals surface area (Å²) in [5.41, 5.74) is 7.75. The second-order valence-electron chi connectivity index (χ2n) is 3.29. The lowest BCUT2D eigenvalue weighted by Crippen LogP contribution is -2.01. The molecule has 0 saturated carbocycles. The molecule has 0 unspecified atom stereocenters. The van der Waals surface area contributed by atoms with Crippen molar-refractivity contribution in [2.75, 3.05) is 0 Å². The van der Waals surface area contributed by atoms with Gasteiger partial charge in [0.05, 0.1) is 16.4 Å².